The Labute approximate surface area is 168 Å². The van der Waals surface area contributed by atoms with Crippen molar-refractivity contribution in [2.75, 3.05) is 0 Å². The zero-order valence-electron chi connectivity index (χ0n) is 16.6. The van der Waals surface area contributed by atoms with Crippen molar-refractivity contribution in [1.82, 2.24) is 10.2 Å². The summed E-state index contributed by atoms with van der Waals surface area (Å²) >= 11 is 0. The lowest BCUT2D eigenvalue weighted by Crippen LogP contribution is -2.04. The van der Waals surface area contributed by atoms with E-state index in [1.807, 2.05) is 50.2 Å². The molecule has 0 fully saturated rings. The van der Waals surface area contributed by atoms with Gasteiger partial charge in [0.05, 0.1) is 0 Å². The van der Waals surface area contributed by atoms with Gasteiger partial charge in [-0.1, -0.05) is 31.0 Å². The van der Waals surface area contributed by atoms with Gasteiger partial charge in [0, 0.05) is 23.1 Å². The third-order valence-electron chi connectivity index (χ3n) is 4.72. The Hall–Kier alpha value is -3.41. The van der Waals surface area contributed by atoms with Gasteiger partial charge in [0.1, 0.15) is 11.3 Å². The van der Waals surface area contributed by atoms with Crippen LogP contribution < -0.4 is 10.4 Å². The van der Waals surface area contributed by atoms with Crippen molar-refractivity contribution in [2.45, 2.75) is 39.7 Å². The van der Waals surface area contributed by atoms with Gasteiger partial charge < -0.3 is 13.6 Å². The molecule has 0 saturated carbocycles. The van der Waals surface area contributed by atoms with Crippen LogP contribution in [0.25, 0.3) is 22.4 Å². The lowest BCUT2D eigenvalue weighted by molar-refractivity contribution is 0.189. The average Bonchev–Trinajstić information content (AvgIpc) is 3.19. The first kappa shape index (κ1) is 18.9. The highest BCUT2D eigenvalue weighted by atomic mass is 16.5. The number of hydrogen-bond donors (Lipinski definition) is 0. The fourth-order valence-corrected chi connectivity index (χ4v) is 3.23. The first-order chi connectivity index (χ1) is 14.0. The molecular weight excluding hydrogens is 368 g/mol. The Morgan fingerprint density at radius 3 is 2.59 bits per heavy atom. The van der Waals surface area contributed by atoms with Crippen molar-refractivity contribution in [3.05, 3.63) is 76.0 Å². The topological polar surface area (TPSA) is 78.4 Å². The minimum Gasteiger partial charge on any atom is -0.481 e. The number of nitrogens with zero attached hydrogens (tertiary/aromatic N) is 2. The Bertz CT molecular complexity index is 1190. The standard InChI is InChI=1S/C23H22N2O4/c1-4-5-17-12-21(26)28-20-13-18(10-11-19(17)20)27-15(3)22-24-25-23(29-22)16-8-6-14(2)7-9-16/h6-13,15H,4-5H2,1-3H3/t15-/m0/s1. The molecule has 0 aliphatic rings. The molecule has 0 N–H and O–H groups in total. The van der Waals surface area contributed by atoms with Crippen LogP contribution in [0.15, 0.2) is 62.2 Å². The van der Waals surface area contributed by atoms with E-state index in [0.29, 0.717) is 23.1 Å². The number of fused-ring (bicyclic) bond motifs is 1. The molecule has 29 heavy (non-hydrogen) atoms. The summed E-state index contributed by atoms with van der Waals surface area (Å²) in [6.07, 6.45) is 1.32. The van der Waals surface area contributed by atoms with Crippen LogP contribution in [0.2, 0.25) is 0 Å². The van der Waals surface area contributed by atoms with Crippen molar-refractivity contribution in [2.24, 2.45) is 0 Å². The molecule has 6 nitrogen and oxygen atoms in total. The van der Waals surface area contributed by atoms with Gasteiger partial charge in [0.2, 0.25) is 5.89 Å². The molecule has 4 aromatic rings. The summed E-state index contributed by atoms with van der Waals surface area (Å²) in [5.74, 6) is 1.39. The molecule has 148 valence electrons. The van der Waals surface area contributed by atoms with Gasteiger partial charge >= 0.3 is 5.63 Å². The molecule has 2 heterocycles. The number of aryl methyl sites for hydroxylation is 2. The van der Waals surface area contributed by atoms with Gasteiger partial charge in [-0.05, 0) is 50.1 Å². The SMILES string of the molecule is CCCc1cc(=O)oc2cc(O[C@@H](C)c3nnc(-c4ccc(C)cc4)o3)ccc12. The summed E-state index contributed by atoms with van der Waals surface area (Å²) in [7, 11) is 0. The normalized spacial score (nSPS) is 12.2. The van der Waals surface area contributed by atoms with E-state index in [1.54, 1.807) is 12.1 Å². The highest BCUT2D eigenvalue weighted by Gasteiger charge is 2.17. The molecule has 1 atom stereocenters. The van der Waals surface area contributed by atoms with Crippen molar-refractivity contribution >= 4 is 11.0 Å². The number of rotatable bonds is 6. The van der Waals surface area contributed by atoms with Crippen LogP contribution in [-0.4, -0.2) is 10.2 Å². The number of hydrogen-bond acceptors (Lipinski definition) is 6. The molecule has 0 aliphatic heterocycles. The Morgan fingerprint density at radius 1 is 1.03 bits per heavy atom. The van der Waals surface area contributed by atoms with E-state index in [1.165, 1.54) is 0 Å². The van der Waals surface area contributed by atoms with Crippen molar-refractivity contribution < 1.29 is 13.6 Å². The van der Waals surface area contributed by atoms with Gasteiger partial charge in [-0.2, -0.15) is 0 Å². The maximum Gasteiger partial charge on any atom is 0.336 e. The minimum absolute atomic E-state index is 0.356. The third kappa shape index (κ3) is 4.06. The Morgan fingerprint density at radius 2 is 1.83 bits per heavy atom. The fourth-order valence-electron chi connectivity index (χ4n) is 3.23. The molecule has 2 aromatic carbocycles. The van der Waals surface area contributed by atoms with Crippen LogP contribution >= 0.6 is 0 Å². The Kier molecular flexibility index (Phi) is 5.16. The monoisotopic (exact) mass is 390 g/mol. The number of ether oxygens (including phenoxy) is 1. The van der Waals surface area contributed by atoms with Crippen LogP contribution in [0.4, 0.5) is 0 Å². The van der Waals surface area contributed by atoms with Gasteiger partial charge in [0.15, 0.2) is 6.10 Å². The first-order valence-corrected chi connectivity index (χ1v) is 9.67. The summed E-state index contributed by atoms with van der Waals surface area (Å²) in [6, 6.07) is 14.9. The van der Waals surface area contributed by atoms with Crippen LogP contribution in [0.3, 0.4) is 0 Å². The second-order valence-electron chi connectivity index (χ2n) is 7.07. The lowest BCUT2D eigenvalue weighted by atomic mass is 10.1. The van der Waals surface area contributed by atoms with E-state index in [2.05, 4.69) is 17.1 Å². The van der Waals surface area contributed by atoms with Crippen LogP contribution in [-0.2, 0) is 6.42 Å². The van der Waals surface area contributed by atoms with Crippen LogP contribution in [0, 0.1) is 6.92 Å². The molecule has 0 saturated heterocycles. The van der Waals surface area contributed by atoms with Gasteiger partial charge in [-0.15, -0.1) is 10.2 Å². The molecule has 2 aromatic heterocycles. The average molecular weight is 390 g/mol. The quantitative estimate of drug-likeness (QED) is 0.419. The molecule has 0 aliphatic carbocycles. The van der Waals surface area contributed by atoms with Crippen molar-refractivity contribution in [3.63, 3.8) is 0 Å². The van der Waals surface area contributed by atoms with Gasteiger partial charge in [-0.3, -0.25) is 0 Å². The van der Waals surface area contributed by atoms with Crippen molar-refractivity contribution in [3.8, 4) is 17.2 Å². The van der Waals surface area contributed by atoms with Crippen molar-refractivity contribution in [1.29, 1.82) is 0 Å². The molecular formula is C23H22N2O4. The predicted molar refractivity (Wildman–Crippen MR) is 110 cm³/mol. The summed E-state index contributed by atoms with van der Waals surface area (Å²) < 4.78 is 17.1. The molecule has 0 unspecified atom stereocenters. The Balaban J connectivity index is 1.57. The highest BCUT2D eigenvalue weighted by Crippen LogP contribution is 2.28. The highest BCUT2D eigenvalue weighted by molar-refractivity contribution is 5.81. The summed E-state index contributed by atoms with van der Waals surface area (Å²) in [6.45, 7) is 5.94. The zero-order valence-corrected chi connectivity index (χ0v) is 16.6. The smallest absolute Gasteiger partial charge is 0.336 e. The molecule has 6 heteroatoms. The fraction of sp³-hybridized carbons (Fsp3) is 0.261. The number of aromatic nitrogens is 2. The van der Waals surface area contributed by atoms with Crippen LogP contribution in [0.1, 0.15) is 43.4 Å². The van der Waals surface area contributed by atoms with E-state index in [9.17, 15) is 4.79 Å². The maximum absolute atomic E-state index is 11.9. The second-order valence-corrected chi connectivity index (χ2v) is 7.07. The third-order valence-corrected chi connectivity index (χ3v) is 4.72. The largest absolute Gasteiger partial charge is 0.481 e. The van der Waals surface area contributed by atoms with Gasteiger partial charge in [0.25, 0.3) is 5.89 Å². The van der Waals surface area contributed by atoms with E-state index >= 15 is 0 Å². The predicted octanol–water partition coefficient (Wildman–Crippen LogP) is 5.24. The zero-order chi connectivity index (χ0) is 20.4. The molecule has 0 amide bonds. The molecule has 4 rings (SSSR count). The van der Waals surface area contributed by atoms with Gasteiger partial charge in [-0.25, -0.2) is 4.79 Å². The summed E-state index contributed by atoms with van der Waals surface area (Å²) in [5, 5.41) is 9.15. The first-order valence-electron chi connectivity index (χ1n) is 9.67. The van der Waals surface area contributed by atoms with E-state index in [-0.39, 0.29) is 5.63 Å². The van der Waals surface area contributed by atoms with E-state index in [4.69, 9.17) is 13.6 Å². The molecule has 0 spiro atoms. The lowest BCUT2D eigenvalue weighted by Gasteiger charge is -2.12. The van der Waals surface area contributed by atoms with E-state index in [0.717, 1.165) is 34.9 Å². The summed E-state index contributed by atoms with van der Waals surface area (Å²) in [5.41, 5.74) is 3.16. The second kappa shape index (κ2) is 7.91. The maximum atomic E-state index is 11.9. The molecule has 0 radical (unpaired) electrons. The minimum atomic E-state index is -0.454. The van der Waals surface area contributed by atoms with E-state index < -0.39 is 6.10 Å². The molecule has 0 bridgehead atoms. The summed E-state index contributed by atoms with van der Waals surface area (Å²) in [4.78, 5) is 11.9. The number of benzene rings is 2. The van der Waals surface area contributed by atoms with Crippen LogP contribution in [0.5, 0.6) is 5.75 Å².